The molecular formula is C11H21NO4S. The maximum absolute atomic E-state index is 11.6. The summed E-state index contributed by atoms with van der Waals surface area (Å²) in [7, 11) is 0. The number of amides is 1. The van der Waals surface area contributed by atoms with E-state index in [1.165, 1.54) is 11.8 Å². The number of ether oxygens (including phenoxy) is 1. The Hall–Kier alpha value is -0.910. The van der Waals surface area contributed by atoms with E-state index in [0.29, 0.717) is 5.75 Å². The van der Waals surface area contributed by atoms with Crippen LogP contribution in [0.4, 0.5) is 4.79 Å². The lowest BCUT2D eigenvalue weighted by Crippen LogP contribution is -2.51. The highest BCUT2D eigenvalue weighted by atomic mass is 32.2. The molecule has 0 aromatic heterocycles. The van der Waals surface area contributed by atoms with E-state index in [1.807, 2.05) is 6.26 Å². The zero-order valence-electron chi connectivity index (χ0n) is 11.0. The zero-order chi connectivity index (χ0) is 13.7. The Labute approximate surface area is 106 Å². The van der Waals surface area contributed by atoms with E-state index in [9.17, 15) is 9.59 Å². The molecule has 0 aliphatic rings. The third-order valence-electron chi connectivity index (χ3n) is 1.81. The summed E-state index contributed by atoms with van der Waals surface area (Å²) in [6.45, 7) is 6.97. The third-order valence-corrected chi connectivity index (χ3v) is 2.73. The summed E-state index contributed by atoms with van der Waals surface area (Å²) in [6.07, 6.45) is 1.14. The Kier molecular flexibility index (Phi) is 5.81. The van der Waals surface area contributed by atoms with Gasteiger partial charge in [-0.3, -0.25) is 4.79 Å². The van der Waals surface area contributed by atoms with Crippen LogP contribution in [-0.2, 0) is 9.53 Å². The van der Waals surface area contributed by atoms with Crippen molar-refractivity contribution < 1.29 is 19.4 Å². The highest BCUT2D eigenvalue weighted by Crippen LogP contribution is 2.17. The smallest absolute Gasteiger partial charge is 0.408 e. The number of carbonyl (C=O) groups excluding carboxylic acids is 1. The van der Waals surface area contributed by atoms with Crippen molar-refractivity contribution in [2.45, 2.75) is 45.3 Å². The highest BCUT2D eigenvalue weighted by Gasteiger charge is 2.31. The Morgan fingerprint density at radius 3 is 2.18 bits per heavy atom. The first-order chi connectivity index (χ1) is 7.58. The number of carboxylic acids is 1. The lowest BCUT2D eigenvalue weighted by molar-refractivity contribution is -0.138. The van der Waals surface area contributed by atoms with E-state index < -0.39 is 23.2 Å². The molecule has 0 spiro atoms. The molecule has 0 heterocycles. The molecule has 0 saturated heterocycles. The van der Waals surface area contributed by atoms with Crippen LogP contribution in [0.3, 0.4) is 0 Å². The van der Waals surface area contributed by atoms with Gasteiger partial charge in [-0.2, -0.15) is 11.8 Å². The van der Waals surface area contributed by atoms with E-state index in [-0.39, 0.29) is 6.42 Å². The molecule has 2 N–H and O–H groups in total. The van der Waals surface area contributed by atoms with Gasteiger partial charge >= 0.3 is 12.1 Å². The number of aliphatic carboxylic acids is 1. The van der Waals surface area contributed by atoms with Crippen molar-refractivity contribution in [1.29, 1.82) is 0 Å². The lowest BCUT2D eigenvalue weighted by atomic mass is 10.0. The van der Waals surface area contributed by atoms with Gasteiger partial charge in [0.05, 0.1) is 12.0 Å². The molecule has 17 heavy (non-hydrogen) atoms. The summed E-state index contributed by atoms with van der Waals surface area (Å²) in [5.74, 6) is -0.434. The van der Waals surface area contributed by atoms with Crippen LogP contribution in [0.1, 0.15) is 34.1 Å². The first kappa shape index (κ1) is 16.1. The molecule has 5 nitrogen and oxygen atoms in total. The second-order valence-corrected chi connectivity index (χ2v) is 6.06. The number of hydrogen-bond donors (Lipinski definition) is 2. The second kappa shape index (κ2) is 6.14. The molecule has 0 saturated carbocycles. The second-order valence-electron chi connectivity index (χ2n) is 5.19. The zero-order valence-corrected chi connectivity index (χ0v) is 11.8. The number of carboxylic acid groups (broad SMARTS) is 1. The molecule has 0 aromatic carbocycles. The average molecular weight is 263 g/mol. The van der Waals surface area contributed by atoms with Gasteiger partial charge in [0.1, 0.15) is 5.60 Å². The summed E-state index contributed by atoms with van der Waals surface area (Å²) in [5, 5.41) is 11.4. The van der Waals surface area contributed by atoms with Gasteiger partial charge in [0.15, 0.2) is 0 Å². The van der Waals surface area contributed by atoms with Gasteiger partial charge in [-0.1, -0.05) is 0 Å². The van der Waals surface area contributed by atoms with Gasteiger partial charge in [0.25, 0.3) is 0 Å². The average Bonchev–Trinajstić information content (AvgIpc) is 1.96. The maximum atomic E-state index is 11.6. The summed E-state index contributed by atoms with van der Waals surface area (Å²) in [6, 6.07) is 0. The fourth-order valence-corrected chi connectivity index (χ4v) is 2.15. The molecule has 0 rings (SSSR count). The number of carbonyl (C=O) groups is 2. The van der Waals surface area contributed by atoms with Crippen molar-refractivity contribution in [2.75, 3.05) is 12.0 Å². The van der Waals surface area contributed by atoms with Crippen LogP contribution in [0.2, 0.25) is 0 Å². The summed E-state index contributed by atoms with van der Waals surface area (Å²) >= 11 is 1.48. The molecule has 0 aliphatic heterocycles. The lowest BCUT2D eigenvalue weighted by Gasteiger charge is -2.30. The van der Waals surface area contributed by atoms with Gasteiger partial charge < -0.3 is 15.2 Å². The van der Waals surface area contributed by atoms with Crippen LogP contribution in [-0.4, -0.2) is 40.3 Å². The monoisotopic (exact) mass is 263 g/mol. The van der Waals surface area contributed by atoms with Crippen molar-refractivity contribution in [1.82, 2.24) is 5.32 Å². The highest BCUT2D eigenvalue weighted by molar-refractivity contribution is 7.98. The number of rotatable bonds is 5. The molecule has 0 aromatic rings. The van der Waals surface area contributed by atoms with E-state index in [4.69, 9.17) is 9.84 Å². The normalized spacial score (nSPS) is 14.9. The van der Waals surface area contributed by atoms with Crippen molar-refractivity contribution in [2.24, 2.45) is 0 Å². The van der Waals surface area contributed by atoms with Gasteiger partial charge in [0.2, 0.25) is 0 Å². The molecule has 100 valence electrons. The fourth-order valence-electron chi connectivity index (χ4n) is 1.33. The maximum Gasteiger partial charge on any atom is 0.408 e. The Bertz CT molecular complexity index is 288. The minimum Gasteiger partial charge on any atom is -0.481 e. The molecule has 0 fully saturated rings. The first-order valence-corrected chi connectivity index (χ1v) is 6.69. The van der Waals surface area contributed by atoms with Crippen molar-refractivity contribution in [3.63, 3.8) is 0 Å². The van der Waals surface area contributed by atoms with Crippen LogP contribution >= 0.6 is 11.8 Å². The van der Waals surface area contributed by atoms with Crippen LogP contribution in [0.15, 0.2) is 0 Å². The van der Waals surface area contributed by atoms with Crippen molar-refractivity contribution >= 4 is 23.8 Å². The van der Waals surface area contributed by atoms with Crippen LogP contribution < -0.4 is 5.32 Å². The SMILES string of the molecule is CSCC(C)(CC(=O)O)NC(=O)OC(C)(C)C. The van der Waals surface area contributed by atoms with Crippen molar-refractivity contribution in [3.8, 4) is 0 Å². The third kappa shape index (κ3) is 7.90. The summed E-state index contributed by atoms with van der Waals surface area (Å²) in [4.78, 5) is 22.4. The minimum absolute atomic E-state index is 0.132. The van der Waals surface area contributed by atoms with E-state index >= 15 is 0 Å². The minimum atomic E-state index is -0.947. The predicted octanol–water partition coefficient (Wildman–Crippen LogP) is 2.11. The number of thioether (sulfide) groups is 1. The largest absolute Gasteiger partial charge is 0.481 e. The molecule has 6 heteroatoms. The standard InChI is InChI=1S/C11H21NO4S/c1-10(2,3)16-9(15)12-11(4,7-17-5)6-8(13)14/h6-7H2,1-5H3,(H,12,15)(H,13,14). The Morgan fingerprint density at radius 1 is 1.29 bits per heavy atom. The van der Waals surface area contributed by atoms with Gasteiger partial charge in [0, 0.05) is 5.75 Å². The first-order valence-electron chi connectivity index (χ1n) is 5.30. The van der Waals surface area contributed by atoms with Gasteiger partial charge in [-0.15, -0.1) is 0 Å². The predicted molar refractivity (Wildman–Crippen MR) is 68.4 cm³/mol. The quantitative estimate of drug-likeness (QED) is 0.794. The molecule has 0 aliphatic carbocycles. The molecule has 0 bridgehead atoms. The number of hydrogen-bond acceptors (Lipinski definition) is 4. The van der Waals surface area contributed by atoms with Crippen LogP contribution in [0.25, 0.3) is 0 Å². The van der Waals surface area contributed by atoms with Crippen molar-refractivity contribution in [3.05, 3.63) is 0 Å². The Morgan fingerprint density at radius 2 is 1.82 bits per heavy atom. The van der Waals surface area contributed by atoms with Crippen LogP contribution in [0.5, 0.6) is 0 Å². The van der Waals surface area contributed by atoms with E-state index in [0.717, 1.165) is 0 Å². The molecular weight excluding hydrogens is 242 g/mol. The molecule has 0 radical (unpaired) electrons. The Balaban J connectivity index is 4.53. The molecule has 1 unspecified atom stereocenters. The molecule has 1 amide bonds. The topological polar surface area (TPSA) is 75.6 Å². The summed E-state index contributed by atoms with van der Waals surface area (Å²) in [5.41, 5.74) is -1.39. The number of nitrogens with one attached hydrogen (secondary N) is 1. The van der Waals surface area contributed by atoms with Crippen LogP contribution in [0, 0.1) is 0 Å². The van der Waals surface area contributed by atoms with E-state index in [1.54, 1.807) is 27.7 Å². The fraction of sp³-hybridized carbons (Fsp3) is 0.818. The van der Waals surface area contributed by atoms with Gasteiger partial charge in [-0.25, -0.2) is 4.79 Å². The van der Waals surface area contributed by atoms with E-state index in [2.05, 4.69) is 5.32 Å². The summed E-state index contributed by atoms with van der Waals surface area (Å²) < 4.78 is 5.11. The van der Waals surface area contributed by atoms with Gasteiger partial charge in [-0.05, 0) is 34.0 Å². The number of alkyl carbamates (subject to hydrolysis) is 1. The molecule has 1 atom stereocenters.